The second kappa shape index (κ2) is 7.89. The molecule has 6 heteroatoms. The molecule has 0 spiro atoms. The van der Waals surface area contributed by atoms with Crippen molar-refractivity contribution in [2.75, 3.05) is 31.6 Å². The van der Waals surface area contributed by atoms with Crippen molar-refractivity contribution in [1.29, 1.82) is 0 Å². The minimum atomic E-state index is -0.0895. The van der Waals surface area contributed by atoms with E-state index in [4.69, 9.17) is 5.11 Å². The van der Waals surface area contributed by atoms with Gasteiger partial charge in [0, 0.05) is 15.5 Å². The number of likely N-dealkylation sites (N-methyl/N-ethyl adjacent to an activating group) is 1. The second-order valence-corrected chi connectivity index (χ2v) is 5.53. The van der Waals surface area contributed by atoms with E-state index in [1.54, 1.807) is 0 Å². The highest BCUT2D eigenvalue weighted by molar-refractivity contribution is 9.11. The number of aliphatic hydroxyl groups excluding tert-OH is 1. The lowest BCUT2D eigenvalue weighted by molar-refractivity contribution is -0.117. The molecule has 0 aliphatic carbocycles. The predicted molar refractivity (Wildman–Crippen MR) is 79.7 cm³/mol. The first-order valence-corrected chi connectivity index (χ1v) is 7.23. The molecule has 0 unspecified atom stereocenters. The molecule has 0 aliphatic heterocycles. The molecule has 2 N–H and O–H groups in total. The van der Waals surface area contributed by atoms with Crippen molar-refractivity contribution >= 4 is 43.5 Å². The van der Waals surface area contributed by atoms with Gasteiger partial charge < -0.3 is 10.4 Å². The summed E-state index contributed by atoms with van der Waals surface area (Å²) < 4.78 is 1.78. The van der Waals surface area contributed by atoms with Crippen LogP contribution in [0.2, 0.25) is 0 Å². The van der Waals surface area contributed by atoms with E-state index in [9.17, 15) is 4.79 Å². The van der Waals surface area contributed by atoms with Gasteiger partial charge in [0.25, 0.3) is 0 Å². The number of nitrogens with one attached hydrogen (secondary N) is 1. The molecule has 1 aromatic rings. The van der Waals surface area contributed by atoms with Crippen LogP contribution >= 0.6 is 31.9 Å². The second-order valence-electron chi connectivity index (χ2n) is 3.76. The molecule has 100 valence electrons. The summed E-state index contributed by atoms with van der Waals surface area (Å²) in [6.07, 6.45) is 0. The van der Waals surface area contributed by atoms with Gasteiger partial charge in [-0.3, -0.25) is 9.69 Å². The molecule has 1 aromatic carbocycles. The number of aliphatic hydroxyl groups is 1. The van der Waals surface area contributed by atoms with Gasteiger partial charge in [-0.25, -0.2) is 0 Å². The summed E-state index contributed by atoms with van der Waals surface area (Å²) in [7, 11) is 0. The summed E-state index contributed by atoms with van der Waals surface area (Å²) >= 11 is 6.75. The van der Waals surface area contributed by atoms with Gasteiger partial charge in [0.1, 0.15) is 0 Å². The number of amides is 1. The molecule has 1 rings (SSSR count). The van der Waals surface area contributed by atoms with E-state index in [2.05, 4.69) is 37.2 Å². The normalized spacial score (nSPS) is 10.7. The van der Waals surface area contributed by atoms with Crippen molar-refractivity contribution < 1.29 is 9.90 Å². The van der Waals surface area contributed by atoms with Crippen LogP contribution in [0, 0.1) is 0 Å². The van der Waals surface area contributed by atoms with E-state index >= 15 is 0 Å². The predicted octanol–water partition coefficient (Wildman–Crippen LogP) is 2.46. The Morgan fingerprint density at radius 1 is 1.44 bits per heavy atom. The quantitative estimate of drug-likeness (QED) is 0.798. The zero-order valence-corrected chi connectivity index (χ0v) is 13.3. The summed E-state index contributed by atoms with van der Waals surface area (Å²) in [5, 5.41) is 11.7. The highest BCUT2D eigenvalue weighted by Crippen LogP contribution is 2.26. The van der Waals surface area contributed by atoms with Crippen LogP contribution in [0.25, 0.3) is 0 Å². The Kier molecular flexibility index (Phi) is 6.85. The number of rotatable bonds is 6. The third-order valence-corrected chi connectivity index (χ3v) is 3.59. The maximum absolute atomic E-state index is 11.8. The minimum Gasteiger partial charge on any atom is -0.395 e. The first kappa shape index (κ1) is 15.6. The van der Waals surface area contributed by atoms with Gasteiger partial charge in [-0.2, -0.15) is 0 Å². The van der Waals surface area contributed by atoms with Crippen LogP contribution in [0.15, 0.2) is 27.1 Å². The number of halogens is 2. The third kappa shape index (κ3) is 5.06. The number of carbonyl (C=O) groups is 1. The molecule has 0 bridgehead atoms. The average molecular weight is 380 g/mol. The lowest BCUT2D eigenvalue weighted by Crippen LogP contribution is -2.35. The lowest BCUT2D eigenvalue weighted by atomic mass is 10.3. The van der Waals surface area contributed by atoms with Crippen LogP contribution < -0.4 is 5.32 Å². The van der Waals surface area contributed by atoms with Crippen molar-refractivity contribution in [3.63, 3.8) is 0 Å². The number of hydrogen-bond donors (Lipinski definition) is 2. The summed E-state index contributed by atoms with van der Waals surface area (Å²) in [5.74, 6) is -0.0895. The van der Waals surface area contributed by atoms with Gasteiger partial charge in [-0.05, 0) is 40.7 Å². The van der Waals surface area contributed by atoms with Crippen LogP contribution in [0.4, 0.5) is 5.69 Å². The van der Waals surface area contributed by atoms with Crippen LogP contribution in [-0.2, 0) is 4.79 Å². The van der Waals surface area contributed by atoms with E-state index in [1.807, 2.05) is 30.0 Å². The van der Waals surface area contributed by atoms with Gasteiger partial charge in [0.05, 0.1) is 18.8 Å². The zero-order valence-electron chi connectivity index (χ0n) is 10.1. The highest BCUT2D eigenvalue weighted by Gasteiger charge is 2.10. The van der Waals surface area contributed by atoms with Crippen LogP contribution in [0.5, 0.6) is 0 Å². The lowest BCUT2D eigenvalue weighted by Gasteiger charge is -2.18. The molecule has 0 atom stereocenters. The van der Waals surface area contributed by atoms with Crippen LogP contribution in [-0.4, -0.2) is 42.2 Å². The van der Waals surface area contributed by atoms with E-state index in [-0.39, 0.29) is 19.1 Å². The Bertz CT molecular complexity index is 413. The number of hydrogen-bond acceptors (Lipinski definition) is 3. The first-order chi connectivity index (χ1) is 8.56. The average Bonchev–Trinajstić information content (AvgIpc) is 2.32. The summed E-state index contributed by atoms with van der Waals surface area (Å²) in [5.41, 5.74) is 0.739. The third-order valence-electron chi connectivity index (χ3n) is 2.44. The number of nitrogens with zero attached hydrogens (tertiary/aromatic N) is 1. The monoisotopic (exact) mass is 378 g/mol. The molecule has 0 aromatic heterocycles. The maximum Gasteiger partial charge on any atom is 0.238 e. The van der Waals surface area contributed by atoms with Gasteiger partial charge in [0.2, 0.25) is 5.91 Å². The van der Waals surface area contributed by atoms with E-state index < -0.39 is 0 Å². The Morgan fingerprint density at radius 2 is 2.17 bits per heavy atom. The summed E-state index contributed by atoms with van der Waals surface area (Å²) in [6, 6.07) is 5.57. The van der Waals surface area contributed by atoms with Crippen molar-refractivity contribution in [2.45, 2.75) is 6.92 Å². The first-order valence-electron chi connectivity index (χ1n) is 5.65. The van der Waals surface area contributed by atoms with Gasteiger partial charge >= 0.3 is 0 Å². The summed E-state index contributed by atoms with van der Waals surface area (Å²) in [6.45, 7) is 3.53. The van der Waals surface area contributed by atoms with Crippen molar-refractivity contribution in [3.8, 4) is 0 Å². The molecular formula is C12H16Br2N2O2. The molecule has 4 nitrogen and oxygen atoms in total. The van der Waals surface area contributed by atoms with Gasteiger partial charge in [-0.1, -0.05) is 22.9 Å². The Morgan fingerprint density at radius 3 is 2.72 bits per heavy atom. The van der Waals surface area contributed by atoms with E-state index in [1.165, 1.54) is 0 Å². The van der Waals surface area contributed by atoms with E-state index in [0.29, 0.717) is 6.54 Å². The molecule has 0 heterocycles. The number of anilines is 1. The minimum absolute atomic E-state index is 0.0586. The van der Waals surface area contributed by atoms with Gasteiger partial charge in [0.15, 0.2) is 0 Å². The van der Waals surface area contributed by atoms with Crippen molar-refractivity contribution in [3.05, 3.63) is 27.1 Å². The molecule has 0 saturated carbocycles. The maximum atomic E-state index is 11.8. The number of benzene rings is 1. The fourth-order valence-corrected chi connectivity index (χ4v) is 2.62. The molecule has 1 amide bonds. The molecule has 18 heavy (non-hydrogen) atoms. The number of carbonyl (C=O) groups excluding carboxylic acids is 1. The molecule has 0 radical (unpaired) electrons. The Balaban J connectivity index is 2.58. The standard InChI is InChI=1S/C12H16Br2N2O2/c1-2-16(5-6-17)8-12(18)15-11-4-3-9(13)7-10(11)14/h3-4,7,17H,2,5-6,8H2,1H3,(H,15,18). The molecular weight excluding hydrogens is 364 g/mol. The zero-order chi connectivity index (χ0) is 13.5. The fraction of sp³-hybridized carbons (Fsp3) is 0.417. The topological polar surface area (TPSA) is 52.6 Å². The van der Waals surface area contributed by atoms with Gasteiger partial charge in [-0.15, -0.1) is 0 Å². The highest BCUT2D eigenvalue weighted by atomic mass is 79.9. The van der Waals surface area contributed by atoms with Crippen LogP contribution in [0.3, 0.4) is 0 Å². The SMILES string of the molecule is CCN(CCO)CC(=O)Nc1ccc(Br)cc1Br. The Hall–Kier alpha value is -0.430. The molecule has 0 saturated heterocycles. The molecule has 0 aliphatic rings. The van der Waals surface area contributed by atoms with Crippen molar-refractivity contribution in [1.82, 2.24) is 4.90 Å². The Labute approximate surface area is 124 Å². The van der Waals surface area contributed by atoms with E-state index in [0.717, 1.165) is 21.2 Å². The summed E-state index contributed by atoms with van der Waals surface area (Å²) in [4.78, 5) is 13.7. The fourth-order valence-electron chi connectivity index (χ4n) is 1.47. The largest absolute Gasteiger partial charge is 0.395 e. The molecule has 0 fully saturated rings. The van der Waals surface area contributed by atoms with Crippen molar-refractivity contribution in [2.24, 2.45) is 0 Å². The van der Waals surface area contributed by atoms with Crippen LogP contribution in [0.1, 0.15) is 6.92 Å². The smallest absolute Gasteiger partial charge is 0.238 e.